The Hall–Kier alpha value is -0.420. The fourth-order valence-electron chi connectivity index (χ4n) is 1.25. The van der Waals surface area contributed by atoms with E-state index in [2.05, 4.69) is 11.5 Å². The maximum Gasteiger partial charge on any atom is 0.0700 e. The monoisotopic (exact) mass is 217 g/mol. The predicted molar refractivity (Wildman–Crippen MR) is 61.0 cm³/mol. The van der Waals surface area contributed by atoms with Gasteiger partial charge in [-0.1, -0.05) is 6.08 Å². The van der Waals surface area contributed by atoms with Crippen molar-refractivity contribution in [3.05, 3.63) is 12.7 Å². The first-order chi connectivity index (χ1) is 7.35. The average molecular weight is 217 g/mol. The van der Waals surface area contributed by atoms with E-state index in [-0.39, 0.29) is 6.61 Å². The Morgan fingerprint density at radius 2 is 2.07 bits per heavy atom. The van der Waals surface area contributed by atoms with E-state index in [0.29, 0.717) is 19.8 Å². The van der Waals surface area contributed by atoms with Crippen LogP contribution < -0.4 is 0 Å². The van der Waals surface area contributed by atoms with Crippen LogP contribution in [-0.4, -0.2) is 63.2 Å². The van der Waals surface area contributed by atoms with Crippen molar-refractivity contribution < 1.29 is 14.6 Å². The lowest BCUT2D eigenvalue weighted by Gasteiger charge is -2.18. The second-order valence-electron chi connectivity index (χ2n) is 3.27. The van der Waals surface area contributed by atoms with Crippen LogP contribution in [0.5, 0.6) is 0 Å². The third kappa shape index (κ3) is 9.87. The quantitative estimate of drug-likeness (QED) is 0.405. The Bertz CT molecular complexity index is 142. The smallest absolute Gasteiger partial charge is 0.0700 e. The fourth-order valence-corrected chi connectivity index (χ4v) is 1.25. The summed E-state index contributed by atoms with van der Waals surface area (Å²) < 4.78 is 10.2. The maximum absolute atomic E-state index is 8.81. The second-order valence-corrected chi connectivity index (χ2v) is 3.27. The first kappa shape index (κ1) is 14.6. The molecule has 0 heterocycles. The van der Waals surface area contributed by atoms with Crippen molar-refractivity contribution in [1.82, 2.24) is 4.90 Å². The normalized spacial score (nSPS) is 10.9. The number of ether oxygens (including phenoxy) is 2. The molecule has 0 unspecified atom stereocenters. The molecule has 4 nitrogen and oxygen atoms in total. The minimum atomic E-state index is 0.193. The van der Waals surface area contributed by atoms with Crippen molar-refractivity contribution in [1.29, 1.82) is 0 Å². The summed E-state index contributed by atoms with van der Waals surface area (Å²) in [6.07, 6.45) is 2.82. The van der Waals surface area contributed by atoms with Gasteiger partial charge in [0.2, 0.25) is 0 Å². The Balaban J connectivity index is 3.32. The van der Waals surface area contributed by atoms with Crippen LogP contribution in [0.15, 0.2) is 12.7 Å². The predicted octanol–water partition coefficient (Wildman–Crippen LogP) is 0.520. The Morgan fingerprint density at radius 3 is 2.67 bits per heavy atom. The zero-order chi connectivity index (χ0) is 11.4. The summed E-state index contributed by atoms with van der Waals surface area (Å²) in [4.78, 5) is 2.15. The van der Waals surface area contributed by atoms with Crippen LogP contribution in [0.25, 0.3) is 0 Å². The fraction of sp³-hybridized carbons (Fsp3) is 0.818. The molecule has 0 aromatic carbocycles. The molecule has 0 amide bonds. The molecule has 0 aliphatic rings. The van der Waals surface area contributed by atoms with Gasteiger partial charge in [-0.3, -0.25) is 4.90 Å². The van der Waals surface area contributed by atoms with Crippen LogP contribution in [0.1, 0.15) is 6.42 Å². The summed E-state index contributed by atoms with van der Waals surface area (Å²) in [5.41, 5.74) is 0. The van der Waals surface area contributed by atoms with Gasteiger partial charge in [-0.25, -0.2) is 0 Å². The molecule has 15 heavy (non-hydrogen) atoms. The van der Waals surface area contributed by atoms with Gasteiger partial charge in [0.25, 0.3) is 0 Å². The lowest BCUT2D eigenvalue weighted by molar-refractivity contribution is 0.0649. The lowest BCUT2D eigenvalue weighted by atomic mass is 10.3. The molecule has 0 aromatic heterocycles. The van der Waals surface area contributed by atoms with Gasteiger partial charge in [-0.15, -0.1) is 6.58 Å². The molecule has 4 heteroatoms. The van der Waals surface area contributed by atoms with E-state index in [0.717, 1.165) is 26.1 Å². The van der Waals surface area contributed by atoms with E-state index in [1.807, 2.05) is 6.08 Å². The SMILES string of the molecule is C=CCN(CCO)CCCOCCOC. The third-order valence-electron chi connectivity index (χ3n) is 2.00. The average Bonchev–Trinajstić information content (AvgIpc) is 2.24. The molecular formula is C11H23NO3. The minimum absolute atomic E-state index is 0.193. The van der Waals surface area contributed by atoms with E-state index in [4.69, 9.17) is 14.6 Å². The van der Waals surface area contributed by atoms with E-state index < -0.39 is 0 Å². The standard InChI is InChI=1S/C11H23NO3/c1-3-5-12(7-8-13)6-4-9-15-11-10-14-2/h3,13H,1,4-11H2,2H3. The van der Waals surface area contributed by atoms with Crippen LogP contribution in [-0.2, 0) is 9.47 Å². The number of aliphatic hydroxyl groups is 1. The largest absolute Gasteiger partial charge is 0.395 e. The van der Waals surface area contributed by atoms with Gasteiger partial charge >= 0.3 is 0 Å². The van der Waals surface area contributed by atoms with Crippen LogP contribution in [0.3, 0.4) is 0 Å². The molecule has 0 aromatic rings. The highest BCUT2D eigenvalue weighted by atomic mass is 16.5. The highest BCUT2D eigenvalue weighted by molar-refractivity contribution is 4.73. The van der Waals surface area contributed by atoms with E-state index in [1.165, 1.54) is 0 Å². The summed E-state index contributed by atoms with van der Waals surface area (Å²) in [5, 5.41) is 8.81. The van der Waals surface area contributed by atoms with Gasteiger partial charge in [-0.05, 0) is 6.42 Å². The van der Waals surface area contributed by atoms with E-state index >= 15 is 0 Å². The van der Waals surface area contributed by atoms with Gasteiger partial charge in [0, 0.05) is 33.4 Å². The summed E-state index contributed by atoms with van der Waals surface area (Å²) >= 11 is 0. The molecule has 1 N–H and O–H groups in total. The first-order valence-corrected chi connectivity index (χ1v) is 5.36. The van der Waals surface area contributed by atoms with Gasteiger partial charge in [-0.2, -0.15) is 0 Å². The number of hydrogen-bond donors (Lipinski definition) is 1. The molecule has 0 saturated heterocycles. The molecule has 0 aliphatic heterocycles. The van der Waals surface area contributed by atoms with E-state index in [1.54, 1.807) is 7.11 Å². The highest BCUT2D eigenvalue weighted by Gasteiger charge is 2.00. The molecule has 0 spiro atoms. The number of aliphatic hydroxyl groups excluding tert-OH is 1. The van der Waals surface area contributed by atoms with Gasteiger partial charge < -0.3 is 14.6 Å². The van der Waals surface area contributed by atoms with Gasteiger partial charge in [0.1, 0.15) is 0 Å². The Morgan fingerprint density at radius 1 is 1.27 bits per heavy atom. The number of nitrogens with zero attached hydrogens (tertiary/aromatic N) is 1. The number of rotatable bonds is 11. The number of methoxy groups -OCH3 is 1. The third-order valence-corrected chi connectivity index (χ3v) is 2.00. The summed E-state index contributed by atoms with van der Waals surface area (Å²) in [5.74, 6) is 0. The summed E-state index contributed by atoms with van der Waals surface area (Å²) in [7, 11) is 1.66. The van der Waals surface area contributed by atoms with Crippen molar-refractivity contribution in [2.45, 2.75) is 6.42 Å². The molecular weight excluding hydrogens is 194 g/mol. The Kier molecular flexibility index (Phi) is 11.3. The van der Waals surface area contributed by atoms with Crippen molar-refractivity contribution in [2.24, 2.45) is 0 Å². The topological polar surface area (TPSA) is 41.9 Å². The minimum Gasteiger partial charge on any atom is -0.395 e. The summed E-state index contributed by atoms with van der Waals surface area (Å²) in [6, 6.07) is 0. The molecule has 90 valence electrons. The molecule has 0 aliphatic carbocycles. The highest BCUT2D eigenvalue weighted by Crippen LogP contribution is 1.92. The molecule has 0 saturated carbocycles. The first-order valence-electron chi connectivity index (χ1n) is 5.36. The molecule has 0 atom stereocenters. The van der Waals surface area contributed by atoms with Crippen LogP contribution in [0.2, 0.25) is 0 Å². The Labute approximate surface area is 92.5 Å². The zero-order valence-electron chi connectivity index (χ0n) is 9.65. The van der Waals surface area contributed by atoms with Crippen molar-refractivity contribution in [3.8, 4) is 0 Å². The lowest BCUT2D eigenvalue weighted by Crippen LogP contribution is -2.28. The molecule has 0 radical (unpaired) electrons. The maximum atomic E-state index is 8.81. The van der Waals surface area contributed by atoms with E-state index in [9.17, 15) is 0 Å². The van der Waals surface area contributed by atoms with Crippen molar-refractivity contribution in [2.75, 3.05) is 53.2 Å². The number of hydrogen-bond acceptors (Lipinski definition) is 4. The molecule has 0 fully saturated rings. The van der Waals surface area contributed by atoms with Gasteiger partial charge in [0.05, 0.1) is 19.8 Å². The summed E-state index contributed by atoms with van der Waals surface area (Å²) in [6.45, 7) is 8.36. The van der Waals surface area contributed by atoms with Crippen LogP contribution in [0, 0.1) is 0 Å². The van der Waals surface area contributed by atoms with Crippen molar-refractivity contribution in [3.63, 3.8) is 0 Å². The van der Waals surface area contributed by atoms with Gasteiger partial charge in [0.15, 0.2) is 0 Å². The zero-order valence-corrected chi connectivity index (χ0v) is 9.65. The van der Waals surface area contributed by atoms with Crippen LogP contribution in [0.4, 0.5) is 0 Å². The van der Waals surface area contributed by atoms with Crippen molar-refractivity contribution >= 4 is 0 Å². The van der Waals surface area contributed by atoms with Crippen LogP contribution >= 0.6 is 0 Å². The molecule has 0 bridgehead atoms. The molecule has 0 rings (SSSR count). The second kappa shape index (κ2) is 11.7.